The largest absolute Gasteiger partial charge is 0.490 e. The summed E-state index contributed by atoms with van der Waals surface area (Å²) in [6, 6.07) is 0. The van der Waals surface area contributed by atoms with E-state index in [1.165, 1.54) is 32.6 Å². The van der Waals surface area contributed by atoms with Crippen molar-refractivity contribution in [1.82, 2.24) is 0 Å². The third-order valence-electron chi connectivity index (χ3n) is 3.87. The Morgan fingerprint density at radius 1 is 1.12 bits per heavy atom. The van der Waals surface area contributed by atoms with Crippen molar-refractivity contribution in [3.05, 3.63) is 60.4 Å². The SMILES string of the molecule is C=C/C=C(\C)CCCCC/C=C(C)/C=C(\OC)C(=O)OCC(C=C)OC. The Kier molecular flexibility index (Phi) is 14.0. The standard InChI is InChI=1S/C22H34O4/c1-7-13-18(3)14-11-9-10-12-15-19(4)16-21(25-6)22(23)26-17-20(8-2)24-5/h7-8,13,15-16,20H,1-2,9-12,14,17H2,3-6H3/b18-13+,19-15+,21-16-. The molecule has 26 heavy (non-hydrogen) atoms. The summed E-state index contributed by atoms with van der Waals surface area (Å²) in [5.74, 6) is -0.323. The van der Waals surface area contributed by atoms with Crippen LogP contribution < -0.4 is 0 Å². The van der Waals surface area contributed by atoms with Crippen LogP contribution in [0.2, 0.25) is 0 Å². The molecule has 1 atom stereocenters. The molecule has 146 valence electrons. The van der Waals surface area contributed by atoms with Gasteiger partial charge in [0.2, 0.25) is 5.76 Å². The molecule has 4 nitrogen and oxygen atoms in total. The number of carbonyl (C=O) groups excluding carboxylic acids is 1. The molecule has 0 bridgehead atoms. The number of allylic oxidation sites excluding steroid dienone is 6. The molecule has 0 heterocycles. The minimum Gasteiger partial charge on any atom is -0.490 e. The van der Waals surface area contributed by atoms with Gasteiger partial charge < -0.3 is 14.2 Å². The van der Waals surface area contributed by atoms with Crippen molar-refractivity contribution in [2.75, 3.05) is 20.8 Å². The zero-order valence-corrected chi connectivity index (χ0v) is 16.8. The van der Waals surface area contributed by atoms with Crippen LogP contribution in [0.4, 0.5) is 0 Å². The molecule has 0 fully saturated rings. The Hall–Kier alpha value is -2.07. The summed E-state index contributed by atoms with van der Waals surface area (Å²) in [5.41, 5.74) is 2.35. The summed E-state index contributed by atoms with van der Waals surface area (Å²) < 4.78 is 15.4. The van der Waals surface area contributed by atoms with E-state index in [1.807, 2.05) is 13.0 Å². The minimum absolute atomic E-state index is 0.113. The van der Waals surface area contributed by atoms with E-state index in [-0.39, 0.29) is 18.5 Å². The number of rotatable bonds is 14. The summed E-state index contributed by atoms with van der Waals surface area (Å²) in [6.45, 7) is 11.5. The van der Waals surface area contributed by atoms with Gasteiger partial charge in [-0.1, -0.05) is 48.5 Å². The van der Waals surface area contributed by atoms with Crippen LogP contribution in [0.1, 0.15) is 46.0 Å². The molecule has 0 rings (SSSR count). The first-order valence-corrected chi connectivity index (χ1v) is 9.01. The number of unbranched alkanes of at least 4 members (excludes halogenated alkanes) is 3. The molecule has 0 aromatic rings. The van der Waals surface area contributed by atoms with Crippen LogP contribution in [-0.4, -0.2) is 32.9 Å². The molecule has 0 spiro atoms. The summed E-state index contributed by atoms with van der Waals surface area (Å²) in [5, 5.41) is 0. The Balaban J connectivity index is 4.34. The van der Waals surface area contributed by atoms with Crippen LogP contribution in [0.25, 0.3) is 0 Å². The van der Waals surface area contributed by atoms with Gasteiger partial charge >= 0.3 is 5.97 Å². The normalized spacial score (nSPS) is 13.9. The number of hydrogen-bond acceptors (Lipinski definition) is 4. The molecule has 0 aliphatic rings. The van der Waals surface area contributed by atoms with Crippen LogP contribution in [0.5, 0.6) is 0 Å². The maximum Gasteiger partial charge on any atom is 0.373 e. The van der Waals surface area contributed by atoms with Crippen LogP contribution in [-0.2, 0) is 19.0 Å². The first kappa shape index (κ1) is 23.9. The highest BCUT2D eigenvalue weighted by molar-refractivity contribution is 5.86. The molecule has 0 radical (unpaired) electrons. The van der Waals surface area contributed by atoms with Crippen LogP contribution in [0.3, 0.4) is 0 Å². The van der Waals surface area contributed by atoms with E-state index in [9.17, 15) is 4.79 Å². The van der Waals surface area contributed by atoms with Gasteiger partial charge in [-0.15, -0.1) is 6.58 Å². The number of methoxy groups -OCH3 is 2. The van der Waals surface area contributed by atoms with E-state index >= 15 is 0 Å². The van der Waals surface area contributed by atoms with Crippen LogP contribution in [0.15, 0.2) is 60.4 Å². The highest BCUT2D eigenvalue weighted by atomic mass is 16.6. The first-order chi connectivity index (χ1) is 12.5. The third-order valence-corrected chi connectivity index (χ3v) is 3.87. The van der Waals surface area contributed by atoms with Crippen molar-refractivity contribution < 1.29 is 19.0 Å². The molecule has 0 saturated heterocycles. The fraction of sp³-hybridized carbons (Fsp3) is 0.500. The Morgan fingerprint density at radius 3 is 2.42 bits per heavy atom. The maximum absolute atomic E-state index is 12.0. The van der Waals surface area contributed by atoms with E-state index < -0.39 is 5.97 Å². The van der Waals surface area contributed by atoms with Crippen molar-refractivity contribution in [2.45, 2.75) is 52.1 Å². The topological polar surface area (TPSA) is 44.8 Å². The molecule has 0 aromatic heterocycles. The lowest BCUT2D eigenvalue weighted by Crippen LogP contribution is -2.20. The monoisotopic (exact) mass is 362 g/mol. The second-order valence-corrected chi connectivity index (χ2v) is 6.12. The Morgan fingerprint density at radius 2 is 1.85 bits per heavy atom. The van der Waals surface area contributed by atoms with Crippen molar-refractivity contribution in [1.29, 1.82) is 0 Å². The molecule has 0 amide bonds. The van der Waals surface area contributed by atoms with E-state index in [4.69, 9.17) is 14.2 Å². The number of ether oxygens (including phenoxy) is 3. The Bertz CT molecular complexity index is 526. The molecule has 0 saturated carbocycles. The molecule has 1 unspecified atom stereocenters. The van der Waals surface area contributed by atoms with E-state index in [0.29, 0.717) is 0 Å². The summed E-state index contributed by atoms with van der Waals surface area (Å²) in [6.07, 6.45) is 14.5. The summed E-state index contributed by atoms with van der Waals surface area (Å²) in [4.78, 5) is 12.0. The molecule has 0 aliphatic carbocycles. The van der Waals surface area contributed by atoms with E-state index in [1.54, 1.807) is 12.2 Å². The van der Waals surface area contributed by atoms with Crippen LogP contribution in [0, 0.1) is 0 Å². The average molecular weight is 363 g/mol. The van der Waals surface area contributed by atoms with Crippen LogP contribution >= 0.6 is 0 Å². The van der Waals surface area contributed by atoms with E-state index in [2.05, 4.69) is 32.2 Å². The fourth-order valence-electron chi connectivity index (χ4n) is 2.27. The second kappa shape index (κ2) is 15.2. The van der Waals surface area contributed by atoms with Gasteiger partial charge in [-0.05, 0) is 45.6 Å². The molecular formula is C22H34O4. The minimum atomic E-state index is -0.506. The number of esters is 1. The van der Waals surface area contributed by atoms with Gasteiger partial charge in [0.15, 0.2) is 0 Å². The summed E-state index contributed by atoms with van der Waals surface area (Å²) in [7, 11) is 3.00. The molecule has 0 N–H and O–H groups in total. The maximum atomic E-state index is 12.0. The molecular weight excluding hydrogens is 328 g/mol. The van der Waals surface area contributed by atoms with Crippen molar-refractivity contribution in [2.24, 2.45) is 0 Å². The van der Waals surface area contributed by atoms with E-state index in [0.717, 1.165) is 24.8 Å². The zero-order valence-electron chi connectivity index (χ0n) is 16.8. The van der Waals surface area contributed by atoms with Crippen molar-refractivity contribution in [3.8, 4) is 0 Å². The number of hydrogen-bond donors (Lipinski definition) is 0. The Labute approximate surface area is 158 Å². The third kappa shape index (κ3) is 11.5. The number of carbonyl (C=O) groups is 1. The average Bonchev–Trinajstić information content (AvgIpc) is 2.63. The quantitative estimate of drug-likeness (QED) is 0.105. The predicted molar refractivity (Wildman–Crippen MR) is 108 cm³/mol. The van der Waals surface area contributed by atoms with Gasteiger partial charge in [-0.3, -0.25) is 0 Å². The lowest BCUT2D eigenvalue weighted by molar-refractivity contribution is -0.145. The highest BCUT2D eigenvalue weighted by Crippen LogP contribution is 2.12. The zero-order chi connectivity index (χ0) is 19.8. The van der Waals surface area contributed by atoms with Gasteiger partial charge in [0.05, 0.1) is 7.11 Å². The van der Waals surface area contributed by atoms with Gasteiger partial charge in [0, 0.05) is 7.11 Å². The second-order valence-electron chi connectivity index (χ2n) is 6.12. The highest BCUT2D eigenvalue weighted by Gasteiger charge is 2.13. The smallest absolute Gasteiger partial charge is 0.373 e. The fourth-order valence-corrected chi connectivity index (χ4v) is 2.27. The van der Waals surface area contributed by atoms with Crippen molar-refractivity contribution >= 4 is 5.97 Å². The lowest BCUT2D eigenvalue weighted by Gasteiger charge is -2.12. The van der Waals surface area contributed by atoms with Gasteiger partial charge in [0.1, 0.15) is 12.7 Å². The molecule has 0 aliphatic heterocycles. The molecule has 4 heteroatoms. The lowest BCUT2D eigenvalue weighted by atomic mass is 10.1. The molecule has 0 aromatic carbocycles. The van der Waals surface area contributed by atoms with Crippen molar-refractivity contribution in [3.63, 3.8) is 0 Å². The first-order valence-electron chi connectivity index (χ1n) is 9.01. The summed E-state index contributed by atoms with van der Waals surface area (Å²) >= 11 is 0. The van der Waals surface area contributed by atoms with Gasteiger partial charge in [0.25, 0.3) is 0 Å². The van der Waals surface area contributed by atoms with Gasteiger partial charge in [-0.25, -0.2) is 4.79 Å². The van der Waals surface area contributed by atoms with Gasteiger partial charge in [-0.2, -0.15) is 0 Å². The predicted octanol–water partition coefficient (Wildman–Crippen LogP) is 5.29.